The first kappa shape index (κ1) is 8.39. The van der Waals surface area contributed by atoms with Crippen LogP contribution >= 0.6 is 0 Å². The van der Waals surface area contributed by atoms with Crippen molar-refractivity contribution in [1.82, 2.24) is 0 Å². The highest BCUT2D eigenvalue weighted by molar-refractivity contribution is 7.86. The van der Waals surface area contributed by atoms with E-state index in [4.69, 9.17) is 4.55 Å². The first-order chi connectivity index (χ1) is 3.95. The predicted octanol–water partition coefficient (Wildman–Crippen LogP) is 0.616. The summed E-state index contributed by atoms with van der Waals surface area (Å²) < 4.78 is 28.3. The van der Waals surface area contributed by atoms with Crippen molar-refractivity contribution in [2.24, 2.45) is 0 Å². The monoisotopic (exact) mass is 148 g/mol. The Balaban J connectivity index is 4.06. The molecule has 0 rings (SSSR count). The molecular weight excluding hydrogens is 140 g/mol. The second-order valence-electron chi connectivity index (χ2n) is 1.59. The standard InChI is InChI=1S/C5H8O3S/c1-3-5(2)4-9(6,7)8/h3H,1-2,4H2,(H,6,7,8). The van der Waals surface area contributed by atoms with E-state index in [0.29, 0.717) is 0 Å². The van der Waals surface area contributed by atoms with Gasteiger partial charge >= 0.3 is 0 Å². The zero-order valence-corrected chi connectivity index (χ0v) is 5.69. The van der Waals surface area contributed by atoms with Gasteiger partial charge in [0, 0.05) is 0 Å². The van der Waals surface area contributed by atoms with Gasteiger partial charge in [-0.2, -0.15) is 8.42 Å². The summed E-state index contributed by atoms with van der Waals surface area (Å²) in [6.07, 6.45) is 1.29. The summed E-state index contributed by atoms with van der Waals surface area (Å²) in [7, 11) is -3.91. The van der Waals surface area contributed by atoms with Crippen molar-refractivity contribution in [1.29, 1.82) is 0 Å². The highest BCUT2D eigenvalue weighted by atomic mass is 32.2. The van der Waals surface area contributed by atoms with E-state index in [-0.39, 0.29) is 5.57 Å². The van der Waals surface area contributed by atoms with Gasteiger partial charge in [-0.15, -0.1) is 0 Å². The van der Waals surface area contributed by atoms with Crippen molar-refractivity contribution < 1.29 is 13.0 Å². The van der Waals surface area contributed by atoms with Gasteiger partial charge in [-0.3, -0.25) is 4.55 Å². The van der Waals surface area contributed by atoms with E-state index in [2.05, 4.69) is 13.2 Å². The number of allylic oxidation sites excluding steroid dienone is 1. The fourth-order valence-electron chi connectivity index (χ4n) is 0.293. The fourth-order valence-corrected chi connectivity index (χ4v) is 0.880. The molecule has 0 heterocycles. The fraction of sp³-hybridized carbons (Fsp3) is 0.200. The lowest BCUT2D eigenvalue weighted by molar-refractivity contribution is 0.486. The van der Waals surface area contributed by atoms with Crippen molar-refractivity contribution in [2.75, 3.05) is 5.75 Å². The third kappa shape index (κ3) is 5.26. The van der Waals surface area contributed by atoms with Gasteiger partial charge in [-0.25, -0.2) is 0 Å². The molecule has 0 aromatic heterocycles. The van der Waals surface area contributed by atoms with Crippen LogP contribution in [-0.4, -0.2) is 18.7 Å². The van der Waals surface area contributed by atoms with E-state index in [0.717, 1.165) is 0 Å². The second-order valence-corrected chi connectivity index (χ2v) is 3.04. The average Bonchev–Trinajstić information content (AvgIpc) is 1.62. The molecule has 0 saturated carbocycles. The predicted molar refractivity (Wildman–Crippen MR) is 35.8 cm³/mol. The molecule has 4 heteroatoms. The summed E-state index contributed by atoms with van der Waals surface area (Å²) in [5.74, 6) is -0.434. The molecule has 0 bridgehead atoms. The van der Waals surface area contributed by atoms with Gasteiger partial charge in [0.25, 0.3) is 10.1 Å². The van der Waals surface area contributed by atoms with E-state index >= 15 is 0 Å². The zero-order chi connectivity index (χ0) is 7.49. The van der Waals surface area contributed by atoms with Crippen molar-refractivity contribution in [2.45, 2.75) is 0 Å². The van der Waals surface area contributed by atoms with Crippen LogP contribution in [0, 0.1) is 0 Å². The minimum Gasteiger partial charge on any atom is -0.285 e. The van der Waals surface area contributed by atoms with Crippen LogP contribution in [0.2, 0.25) is 0 Å². The molecule has 3 nitrogen and oxygen atoms in total. The molecule has 0 saturated heterocycles. The van der Waals surface area contributed by atoms with Crippen molar-refractivity contribution in [3.8, 4) is 0 Å². The zero-order valence-electron chi connectivity index (χ0n) is 4.87. The van der Waals surface area contributed by atoms with Crippen molar-refractivity contribution in [3.05, 3.63) is 24.8 Å². The lowest BCUT2D eigenvalue weighted by Crippen LogP contribution is -2.03. The maximum atomic E-state index is 10.0. The molecule has 52 valence electrons. The number of rotatable bonds is 3. The lowest BCUT2D eigenvalue weighted by atomic mass is 10.4. The molecule has 9 heavy (non-hydrogen) atoms. The Bertz CT molecular complexity index is 212. The molecule has 0 atom stereocenters. The molecule has 0 amide bonds. The lowest BCUT2D eigenvalue weighted by Gasteiger charge is -1.92. The third-order valence-corrected chi connectivity index (χ3v) is 1.39. The topological polar surface area (TPSA) is 54.4 Å². The maximum absolute atomic E-state index is 10.0. The summed E-state index contributed by atoms with van der Waals surface area (Å²) in [5.41, 5.74) is 0.289. The molecule has 0 fully saturated rings. The average molecular weight is 148 g/mol. The van der Waals surface area contributed by atoms with Gasteiger partial charge in [0.1, 0.15) is 0 Å². The van der Waals surface area contributed by atoms with Crippen LogP contribution in [0.5, 0.6) is 0 Å². The van der Waals surface area contributed by atoms with Crippen LogP contribution in [0.4, 0.5) is 0 Å². The van der Waals surface area contributed by atoms with E-state index in [9.17, 15) is 8.42 Å². The Labute approximate surface area is 54.4 Å². The highest BCUT2D eigenvalue weighted by Crippen LogP contribution is 1.94. The SMILES string of the molecule is C=CC(=C)CS(=O)(=O)O. The largest absolute Gasteiger partial charge is 0.285 e. The quantitative estimate of drug-likeness (QED) is 0.471. The molecule has 0 aliphatic rings. The van der Waals surface area contributed by atoms with Crippen LogP contribution < -0.4 is 0 Å². The van der Waals surface area contributed by atoms with Gasteiger partial charge in [0.2, 0.25) is 0 Å². The van der Waals surface area contributed by atoms with Crippen LogP contribution in [-0.2, 0) is 10.1 Å². The highest BCUT2D eigenvalue weighted by Gasteiger charge is 2.03. The molecule has 1 N–H and O–H groups in total. The Hall–Kier alpha value is -0.610. The second kappa shape index (κ2) is 2.80. The Morgan fingerprint density at radius 2 is 2.11 bits per heavy atom. The van der Waals surface area contributed by atoms with E-state index in [1.54, 1.807) is 0 Å². The minimum absolute atomic E-state index is 0.289. The summed E-state index contributed by atoms with van der Waals surface area (Å²) in [6, 6.07) is 0. The van der Waals surface area contributed by atoms with Gasteiger partial charge in [-0.1, -0.05) is 19.2 Å². The molecule has 0 aliphatic carbocycles. The normalized spacial score (nSPS) is 10.8. The van der Waals surface area contributed by atoms with Crippen LogP contribution in [0.3, 0.4) is 0 Å². The summed E-state index contributed by atoms with van der Waals surface area (Å²) >= 11 is 0. The molecule has 0 radical (unpaired) electrons. The molecular formula is C5H8O3S. The van der Waals surface area contributed by atoms with Crippen LogP contribution in [0.1, 0.15) is 0 Å². The van der Waals surface area contributed by atoms with E-state index in [1.165, 1.54) is 6.08 Å². The Morgan fingerprint density at radius 3 is 2.22 bits per heavy atom. The molecule has 0 aromatic rings. The first-order valence-corrected chi connectivity index (χ1v) is 3.82. The van der Waals surface area contributed by atoms with E-state index < -0.39 is 15.9 Å². The summed E-state index contributed by atoms with van der Waals surface area (Å²) in [5, 5.41) is 0. The van der Waals surface area contributed by atoms with Gasteiger partial charge in [-0.05, 0) is 5.57 Å². The van der Waals surface area contributed by atoms with Gasteiger partial charge < -0.3 is 0 Å². The molecule has 0 aromatic carbocycles. The van der Waals surface area contributed by atoms with Crippen LogP contribution in [0.25, 0.3) is 0 Å². The van der Waals surface area contributed by atoms with Gasteiger partial charge in [0.05, 0.1) is 5.75 Å². The number of hydrogen-bond acceptors (Lipinski definition) is 2. The van der Waals surface area contributed by atoms with E-state index in [1.807, 2.05) is 0 Å². The third-order valence-electron chi connectivity index (χ3n) is 0.656. The first-order valence-electron chi connectivity index (χ1n) is 2.21. The molecule has 0 spiro atoms. The number of hydrogen-bond donors (Lipinski definition) is 1. The molecule has 0 aliphatic heterocycles. The molecule has 0 unspecified atom stereocenters. The van der Waals surface area contributed by atoms with Crippen molar-refractivity contribution in [3.63, 3.8) is 0 Å². The van der Waals surface area contributed by atoms with Crippen molar-refractivity contribution >= 4 is 10.1 Å². The minimum atomic E-state index is -3.91. The Kier molecular flexibility index (Phi) is 2.61. The summed E-state index contributed by atoms with van der Waals surface area (Å²) in [4.78, 5) is 0. The summed E-state index contributed by atoms with van der Waals surface area (Å²) in [6.45, 7) is 6.57. The maximum Gasteiger partial charge on any atom is 0.269 e. The van der Waals surface area contributed by atoms with Gasteiger partial charge in [0.15, 0.2) is 0 Å². The Morgan fingerprint density at radius 1 is 1.67 bits per heavy atom. The van der Waals surface area contributed by atoms with Crippen LogP contribution in [0.15, 0.2) is 24.8 Å². The smallest absolute Gasteiger partial charge is 0.269 e.